The van der Waals surface area contributed by atoms with Gasteiger partial charge in [0.2, 0.25) is 0 Å². The monoisotopic (exact) mass is 623 g/mol. The first-order chi connectivity index (χ1) is 20.5. The number of hydrogen-bond acceptors (Lipinski definition) is 8. The van der Waals surface area contributed by atoms with E-state index in [1.54, 1.807) is 0 Å². The molecule has 0 aromatic heterocycles. The van der Waals surface area contributed by atoms with E-state index in [2.05, 4.69) is 0 Å². The van der Waals surface area contributed by atoms with Gasteiger partial charge >= 0.3 is 5.97 Å². The minimum Gasteiger partial charge on any atom is -0.423 e. The smallest absolute Gasteiger partial charge is 0.345 e. The quantitative estimate of drug-likeness (QED) is 0.0794. The number of nitro groups is 1. The molecule has 11 nitrogen and oxygen atoms in total. The minimum absolute atomic E-state index is 0.0445. The van der Waals surface area contributed by atoms with Crippen molar-refractivity contribution >= 4 is 58.4 Å². The van der Waals surface area contributed by atoms with Crippen LogP contribution in [0, 0.1) is 22.0 Å². The van der Waals surface area contributed by atoms with Crippen molar-refractivity contribution in [3.05, 3.63) is 104 Å². The third kappa shape index (κ3) is 6.13. The number of amides is 3. The van der Waals surface area contributed by atoms with Crippen molar-refractivity contribution in [3.63, 3.8) is 0 Å². The predicted molar refractivity (Wildman–Crippen MR) is 154 cm³/mol. The lowest BCUT2D eigenvalue weighted by atomic mass is 9.81. The van der Waals surface area contributed by atoms with Gasteiger partial charge < -0.3 is 4.74 Å². The van der Waals surface area contributed by atoms with Crippen molar-refractivity contribution in [3.8, 4) is 5.75 Å². The summed E-state index contributed by atoms with van der Waals surface area (Å²) in [6.07, 6.45) is 2.54. The normalized spacial score (nSPS) is 17.8. The van der Waals surface area contributed by atoms with Crippen molar-refractivity contribution in [2.75, 3.05) is 6.54 Å². The Balaban J connectivity index is 1.38. The van der Waals surface area contributed by atoms with E-state index in [1.807, 2.05) is 0 Å². The van der Waals surface area contributed by atoms with Gasteiger partial charge in [0, 0.05) is 28.3 Å². The van der Waals surface area contributed by atoms with Crippen LogP contribution in [0.25, 0.3) is 0 Å². The number of nitrogens with zero attached hydrogens (tertiary/aromatic N) is 3. The van der Waals surface area contributed by atoms with Crippen molar-refractivity contribution < 1.29 is 33.6 Å². The Morgan fingerprint density at radius 1 is 0.884 bits per heavy atom. The van der Waals surface area contributed by atoms with Crippen LogP contribution in [0.5, 0.6) is 5.75 Å². The lowest BCUT2D eigenvalue weighted by Gasteiger charge is -2.30. The maximum Gasteiger partial charge on any atom is 0.345 e. The molecule has 2 aliphatic rings. The summed E-state index contributed by atoms with van der Waals surface area (Å²) in [4.78, 5) is 76.6. The molecular formula is C30H23Cl2N3O8. The number of rotatable bonds is 8. The van der Waals surface area contributed by atoms with Gasteiger partial charge in [-0.2, -0.15) is 5.01 Å². The van der Waals surface area contributed by atoms with Crippen molar-refractivity contribution in [2.24, 2.45) is 11.8 Å². The van der Waals surface area contributed by atoms with Crippen LogP contribution >= 0.6 is 23.2 Å². The highest BCUT2D eigenvalue weighted by Crippen LogP contribution is 2.39. The number of carbonyl (C=O) groups excluding carboxylic acids is 5. The molecule has 2 fully saturated rings. The zero-order valence-electron chi connectivity index (χ0n) is 22.4. The van der Waals surface area contributed by atoms with Gasteiger partial charge in [-0.1, -0.05) is 36.0 Å². The number of ketones is 1. The molecule has 3 amide bonds. The molecule has 0 N–H and O–H groups in total. The Labute approximate surface area is 255 Å². The zero-order chi connectivity index (χ0) is 30.8. The number of imide groups is 1. The number of Topliss-reactive ketones (excluding diaryl/α,β-unsaturated/α-hetero) is 1. The number of hydrazine groups is 1. The number of nitro benzene ring substituents is 1. The average molecular weight is 624 g/mol. The molecule has 5 rings (SSSR count). The first kappa shape index (κ1) is 29.9. The van der Waals surface area contributed by atoms with Gasteiger partial charge in [-0.3, -0.25) is 29.3 Å². The SMILES string of the molecule is O=C(CN(C(=O)c1ccc([N+](=O)[O-])cc1)N1C(=O)[C@@H]2CCCC[C@H]2C1=O)c1ccc(OC(=O)c2ccc(Cl)cc2Cl)cc1. The lowest BCUT2D eigenvalue weighted by molar-refractivity contribution is -0.384. The number of carbonyl (C=O) groups is 5. The number of halogens is 2. The summed E-state index contributed by atoms with van der Waals surface area (Å²) in [7, 11) is 0. The van der Waals surface area contributed by atoms with Gasteiger partial charge in [0.15, 0.2) is 5.78 Å². The summed E-state index contributed by atoms with van der Waals surface area (Å²) in [5, 5.41) is 13.1. The molecule has 0 radical (unpaired) electrons. The van der Waals surface area contributed by atoms with E-state index >= 15 is 0 Å². The number of ether oxygens (including phenoxy) is 1. The van der Waals surface area contributed by atoms with Crippen molar-refractivity contribution in [1.29, 1.82) is 0 Å². The van der Waals surface area contributed by atoms with E-state index in [-0.39, 0.29) is 33.1 Å². The Kier molecular flexibility index (Phi) is 8.56. The van der Waals surface area contributed by atoms with Crippen LogP contribution in [0.1, 0.15) is 56.8 Å². The molecule has 0 unspecified atom stereocenters. The molecule has 2 atom stereocenters. The van der Waals surface area contributed by atoms with E-state index in [0.29, 0.717) is 17.9 Å². The molecule has 3 aromatic rings. The second-order valence-electron chi connectivity index (χ2n) is 10.1. The highest BCUT2D eigenvalue weighted by atomic mass is 35.5. The van der Waals surface area contributed by atoms with E-state index in [1.165, 1.54) is 54.6 Å². The van der Waals surface area contributed by atoms with E-state index in [9.17, 15) is 34.1 Å². The third-order valence-corrected chi connectivity index (χ3v) is 8.00. The molecule has 220 valence electrons. The Morgan fingerprint density at radius 2 is 1.47 bits per heavy atom. The highest BCUT2D eigenvalue weighted by Gasteiger charge is 2.51. The van der Waals surface area contributed by atoms with Crippen LogP contribution in [0.2, 0.25) is 10.0 Å². The first-order valence-electron chi connectivity index (χ1n) is 13.3. The molecular weight excluding hydrogens is 601 g/mol. The number of benzene rings is 3. The first-order valence-corrected chi connectivity index (χ1v) is 14.1. The van der Waals surface area contributed by atoms with Gasteiger partial charge in [-0.05, 0) is 67.4 Å². The number of hydrogen-bond donors (Lipinski definition) is 0. The largest absolute Gasteiger partial charge is 0.423 e. The Hall–Kier alpha value is -4.61. The zero-order valence-corrected chi connectivity index (χ0v) is 23.9. The molecule has 0 bridgehead atoms. The van der Waals surface area contributed by atoms with E-state index < -0.39 is 52.8 Å². The molecule has 1 aliphatic carbocycles. The second-order valence-corrected chi connectivity index (χ2v) is 11.0. The van der Waals surface area contributed by atoms with Gasteiger partial charge in [0.25, 0.3) is 23.4 Å². The number of non-ortho nitro benzene ring substituents is 1. The molecule has 43 heavy (non-hydrogen) atoms. The van der Waals surface area contributed by atoms with Crippen LogP contribution in [0.3, 0.4) is 0 Å². The van der Waals surface area contributed by atoms with Crippen LogP contribution in [0.4, 0.5) is 5.69 Å². The molecule has 1 saturated heterocycles. The Morgan fingerprint density at radius 3 is 2.02 bits per heavy atom. The number of esters is 1. The number of fused-ring (bicyclic) bond motifs is 1. The molecule has 1 aliphatic heterocycles. The van der Waals surface area contributed by atoms with Crippen LogP contribution in [0.15, 0.2) is 66.7 Å². The minimum atomic E-state index is -0.839. The third-order valence-electron chi connectivity index (χ3n) is 7.45. The predicted octanol–water partition coefficient (Wildman–Crippen LogP) is 5.54. The molecule has 1 heterocycles. The van der Waals surface area contributed by atoms with Crippen LogP contribution in [-0.2, 0) is 9.59 Å². The lowest BCUT2D eigenvalue weighted by Crippen LogP contribution is -2.52. The fourth-order valence-corrected chi connectivity index (χ4v) is 5.73. The van der Waals surface area contributed by atoms with Gasteiger partial charge in [0.1, 0.15) is 12.3 Å². The topological polar surface area (TPSA) is 144 Å². The van der Waals surface area contributed by atoms with E-state index in [4.69, 9.17) is 27.9 Å². The van der Waals surface area contributed by atoms with Gasteiger partial charge in [-0.25, -0.2) is 9.80 Å². The summed E-state index contributed by atoms with van der Waals surface area (Å²) in [6, 6.07) is 14.4. The van der Waals surface area contributed by atoms with E-state index in [0.717, 1.165) is 35.0 Å². The van der Waals surface area contributed by atoms with Crippen LogP contribution < -0.4 is 4.74 Å². The van der Waals surface area contributed by atoms with Gasteiger partial charge in [-0.15, -0.1) is 0 Å². The summed E-state index contributed by atoms with van der Waals surface area (Å²) >= 11 is 11.9. The highest BCUT2D eigenvalue weighted by molar-refractivity contribution is 6.36. The maximum absolute atomic E-state index is 13.6. The second kappa shape index (κ2) is 12.3. The van der Waals surface area contributed by atoms with Crippen molar-refractivity contribution in [1.82, 2.24) is 10.0 Å². The standard InChI is InChI=1S/C30H23Cl2N3O8/c31-19-9-14-24(25(32)15-19)30(40)43-21-12-7-17(8-13-21)26(36)16-33(27(37)18-5-10-20(11-6-18)35(41)42)34-28(38)22-3-1-2-4-23(22)29(34)39/h5-15,22-23H,1-4,16H2/t22-,23-/m1/s1. The molecule has 0 spiro atoms. The summed E-state index contributed by atoms with van der Waals surface area (Å²) < 4.78 is 5.34. The van der Waals surface area contributed by atoms with Crippen LogP contribution in [-0.4, -0.2) is 51.0 Å². The fourth-order valence-electron chi connectivity index (χ4n) is 5.24. The fraction of sp³-hybridized carbons (Fsp3) is 0.233. The summed E-state index contributed by atoms with van der Waals surface area (Å²) in [5.41, 5.74) is -0.0934. The molecule has 1 saturated carbocycles. The molecule has 3 aromatic carbocycles. The van der Waals surface area contributed by atoms with Gasteiger partial charge in [0.05, 0.1) is 27.3 Å². The Bertz CT molecular complexity index is 1620. The average Bonchev–Trinajstić information content (AvgIpc) is 3.25. The summed E-state index contributed by atoms with van der Waals surface area (Å²) in [5.74, 6) is -4.34. The molecule has 13 heteroatoms. The maximum atomic E-state index is 13.6. The van der Waals surface area contributed by atoms with Crippen molar-refractivity contribution in [2.45, 2.75) is 25.7 Å². The summed E-state index contributed by atoms with van der Waals surface area (Å²) in [6.45, 7) is -0.660.